The van der Waals surface area contributed by atoms with Crippen molar-refractivity contribution >= 4 is 11.6 Å². The Morgan fingerprint density at radius 1 is 1.37 bits per heavy atom. The molecule has 1 atom stereocenters. The van der Waals surface area contributed by atoms with Crippen LogP contribution in [0, 0.1) is 0 Å². The fourth-order valence-electron chi connectivity index (χ4n) is 2.08. The van der Waals surface area contributed by atoms with E-state index in [0.717, 1.165) is 12.1 Å². The molecule has 0 aliphatic heterocycles. The lowest BCUT2D eigenvalue weighted by atomic mass is 10.1. The van der Waals surface area contributed by atoms with E-state index in [1.54, 1.807) is 12.3 Å². The number of aryl methyl sites for hydroxylation is 1. The highest BCUT2D eigenvalue weighted by Crippen LogP contribution is 2.15. The topological polar surface area (TPSA) is 60.0 Å². The molecule has 0 saturated carbocycles. The van der Waals surface area contributed by atoms with E-state index in [4.69, 9.17) is 5.73 Å². The second-order valence-corrected chi connectivity index (χ2v) is 4.55. The van der Waals surface area contributed by atoms with E-state index in [2.05, 4.69) is 5.32 Å². The van der Waals surface area contributed by atoms with Gasteiger partial charge in [-0.15, -0.1) is 0 Å². The molecule has 0 aliphatic rings. The molecule has 0 aliphatic carbocycles. The molecule has 100 valence electrons. The number of carbonyl (C=O) groups is 1. The predicted molar refractivity (Wildman–Crippen MR) is 76.8 cm³/mol. The van der Waals surface area contributed by atoms with Crippen molar-refractivity contribution in [2.75, 3.05) is 5.73 Å². The first-order valence-corrected chi connectivity index (χ1v) is 6.43. The Hall–Kier alpha value is -2.23. The number of anilines is 1. The number of amides is 1. The van der Waals surface area contributed by atoms with Gasteiger partial charge in [0.25, 0.3) is 5.91 Å². The van der Waals surface area contributed by atoms with Gasteiger partial charge in [0.05, 0.1) is 11.7 Å². The molecule has 1 aromatic carbocycles. The zero-order chi connectivity index (χ0) is 13.8. The number of nitrogens with zero attached hydrogens (tertiary/aromatic N) is 1. The molecule has 2 aromatic rings. The van der Waals surface area contributed by atoms with Gasteiger partial charge < -0.3 is 15.6 Å². The van der Waals surface area contributed by atoms with Gasteiger partial charge in [0.15, 0.2) is 0 Å². The Morgan fingerprint density at radius 3 is 2.68 bits per heavy atom. The summed E-state index contributed by atoms with van der Waals surface area (Å²) >= 11 is 0. The average molecular weight is 257 g/mol. The van der Waals surface area contributed by atoms with Crippen molar-refractivity contribution in [3.63, 3.8) is 0 Å². The molecule has 4 nitrogen and oxygen atoms in total. The Kier molecular flexibility index (Phi) is 3.90. The molecule has 0 fully saturated rings. The maximum Gasteiger partial charge on any atom is 0.268 e. The zero-order valence-corrected chi connectivity index (χ0v) is 11.3. The number of nitrogen functional groups attached to an aromatic ring is 1. The van der Waals surface area contributed by atoms with Crippen molar-refractivity contribution in [2.24, 2.45) is 0 Å². The monoisotopic (exact) mass is 257 g/mol. The lowest BCUT2D eigenvalue weighted by molar-refractivity contribution is 0.0930. The predicted octanol–water partition coefficient (Wildman–Crippen LogP) is 2.58. The van der Waals surface area contributed by atoms with Gasteiger partial charge in [0.1, 0.15) is 5.69 Å². The Morgan fingerprint density at radius 2 is 2.05 bits per heavy atom. The van der Waals surface area contributed by atoms with Crippen LogP contribution in [0.3, 0.4) is 0 Å². The van der Waals surface area contributed by atoms with E-state index in [0.29, 0.717) is 11.4 Å². The molecule has 1 amide bonds. The second-order valence-electron chi connectivity index (χ2n) is 4.55. The van der Waals surface area contributed by atoms with E-state index >= 15 is 0 Å². The van der Waals surface area contributed by atoms with Crippen molar-refractivity contribution in [1.82, 2.24) is 9.88 Å². The molecule has 1 unspecified atom stereocenters. The van der Waals surface area contributed by atoms with Gasteiger partial charge in [0.2, 0.25) is 0 Å². The van der Waals surface area contributed by atoms with Gasteiger partial charge in [0, 0.05) is 12.7 Å². The van der Waals surface area contributed by atoms with E-state index in [1.165, 1.54) is 0 Å². The largest absolute Gasteiger partial charge is 0.397 e. The van der Waals surface area contributed by atoms with Crippen LogP contribution in [0.2, 0.25) is 0 Å². The highest BCUT2D eigenvalue weighted by Gasteiger charge is 2.15. The molecular formula is C15H19N3O. The molecule has 4 heteroatoms. The summed E-state index contributed by atoms with van der Waals surface area (Å²) < 4.78 is 1.85. The fraction of sp³-hybridized carbons (Fsp3) is 0.267. The van der Waals surface area contributed by atoms with E-state index < -0.39 is 0 Å². The third-order valence-electron chi connectivity index (χ3n) is 3.14. The first-order chi connectivity index (χ1) is 9.11. The summed E-state index contributed by atoms with van der Waals surface area (Å²) in [4.78, 5) is 12.2. The zero-order valence-electron chi connectivity index (χ0n) is 11.3. The van der Waals surface area contributed by atoms with Crippen LogP contribution in [0.1, 0.15) is 35.9 Å². The molecule has 0 radical (unpaired) electrons. The van der Waals surface area contributed by atoms with Gasteiger partial charge in [-0.05, 0) is 25.5 Å². The summed E-state index contributed by atoms with van der Waals surface area (Å²) in [5.41, 5.74) is 8.03. The van der Waals surface area contributed by atoms with Gasteiger partial charge in [-0.2, -0.15) is 0 Å². The fourth-order valence-corrected chi connectivity index (χ4v) is 2.08. The van der Waals surface area contributed by atoms with Crippen LogP contribution in [0.15, 0.2) is 42.6 Å². The summed E-state index contributed by atoms with van der Waals surface area (Å²) in [7, 11) is 0. The summed E-state index contributed by atoms with van der Waals surface area (Å²) in [6.45, 7) is 4.67. The smallest absolute Gasteiger partial charge is 0.268 e. The van der Waals surface area contributed by atoms with Crippen LogP contribution in [-0.2, 0) is 6.54 Å². The number of hydrogen-bond acceptors (Lipinski definition) is 2. The number of hydrogen-bond donors (Lipinski definition) is 2. The standard InChI is InChI=1S/C15H19N3O/c1-3-18-10-13(16)9-14(18)15(19)17-11(2)12-7-5-4-6-8-12/h4-11H,3,16H2,1-2H3,(H,17,19). The first kappa shape index (κ1) is 13.2. The van der Waals surface area contributed by atoms with E-state index in [1.807, 2.05) is 48.7 Å². The van der Waals surface area contributed by atoms with E-state index in [9.17, 15) is 4.79 Å². The highest BCUT2D eigenvalue weighted by atomic mass is 16.2. The molecule has 3 N–H and O–H groups in total. The molecule has 19 heavy (non-hydrogen) atoms. The molecule has 0 saturated heterocycles. The Bertz CT molecular complexity index is 560. The minimum atomic E-state index is -0.102. The van der Waals surface area contributed by atoms with Crippen LogP contribution < -0.4 is 11.1 Å². The van der Waals surface area contributed by atoms with Gasteiger partial charge in [-0.25, -0.2) is 0 Å². The molecule has 1 heterocycles. The lowest BCUT2D eigenvalue weighted by Gasteiger charge is -2.15. The van der Waals surface area contributed by atoms with Gasteiger partial charge in [-0.3, -0.25) is 4.79 Å². The molecule has 0 bridgehead atoms. The van der Waals surface area contributed by atoms with Crippen molar-refractivity contribution in [3.8, 4) is 0 Å². The summed E-state index contributed by atoms with van der Waals surface area (Å²) in [6.07, 6.45) is 1.78. The Labute approximate surface area is 113 Å². The highest BCUT2D eigenvalue weighted by molar-refractivity contribution is 5.94. The van der Waals surface area contributed by atoms with Crippen molar-refractivity contribution in [2.45, 2.75) is 26.4 Å². The van der Waals surface area contributed by atoms with Crippen LogP contribution >= 0.6 is 0 Å². The van der Waals surface area contributed by atoms with Crippen LogP contribution in [0.25, 0.3) is 0 Å². The van der Waals surface area contributed by atoms with Crippen molar-refractivity contribution in [1.29, 1.82) is 0 Å². The molecule has 1 aromatic heterocycles. The third-order valence-corrected chi connectivity index (χ3v) is 3.14. The summed E-state index contributed by atoms with van der Waals surface area (Å²) in [5.74, 6) is -0.102. The van der Waals surface area contributed by atoms with Gasteiger partial charge >= 0.3 is 0 Å². The van der Waals surface area contributed by atoms with Crippen LogP contribution in [0.5, 0.6) is 0 Å². The van der Waals surface area contributed by atoms with Crippen LogP contribution in [0.4, 0.5) is 5.69 Å². The number of nitrogens with two attached hydrogens (primary N) is 1. The maximum atomic E-state index is 12.2. The molecular weight excluding hydrogens is 238 g/mol. The number of aromatic nitrogens is 1. The minimum Gasteiger partial charge on any atom is -0.397 e. The molecule has 2 rings (SSSR count). The number of nitrogens with one attached hydrogen (secondary N) is 1. The normalized spacial score (nSPS) is 12.1. The number of rotatable bonds is 4. The van der Waals surface area contributed by atoms with Crippen molar-refractivity contribution in [3.05, 3.63) is 53.9 Å². The number of carbonyl (C=O) groups excluding carboxylic acids is 1. The second kappa shape index (κ2) is 5.61. The van der Waals surface area contributed by atoms with Crippen molar-refractivity contribution < 1.29 is 4.79 Å². The lowest BCUT2D eigenvalue weighted by Crippen LogP contribution is -2.28. The Balaban J connectivity index is 2.13. The SMILES string of the molecule is CCn1cc(N)cc1C(=O)NC(C)c1ccccc1. The quantitative estimate of drug-likeness (QED) is 0.884. The summed E-state index contributed by atoms with van der Waals surface area (Å²) in [6, 6.07) is 11.6. The first-order valence-electron chi connectivity index (χ1n) is 6.43. The third kappa shape index (κ3) is 2.96. The van der Waals surface area contributed by atoms with Gasteiger partial charge in [-0.1, -0.05) is 30.3 Å². The number of benzene rings is 1. The van der Waals surface area contributed by atoms with E-state index in [-0.39, 0.29) is 11.9 Å². The average Bonchev–Trinajstić information content (AvgIpc) is 2.81. The maximum absolute atomic E-state index is 12.2. The summed E-state index contributed by atoms with van der Waals surface area (Å²) in [5, 5.41) is 2.99. The molecule has 0 spiro atoms. The minimum absolute atomic E-state index is 0.0323. The van der Waals surface area contributed by atoms with Crippen LogP contribution in [-0.4, -0.2) is 10.5 Å².